The molecule has 1 aliphatic rings. The van der Waals surface area contributed by atoms with Crippen LogP contribution < -0.4 is 5.73 Å². The van der Waals surface area contributed by atoms with Crippen molar-refractivity contribution < 1.29 is 4.74 Å². The largest absolute Gasteiger partial charge is 0.368 e. The van der Waals surface area contributed by atoms with Crippen LogP contribution in [0, 0.1) is 0 Å². The number of fused-ring (bicyclic) bond motifs is 1. The van der Waals surface area contributed by atoms with E-state index in [-0.39, 0.29) is 11.6 Å². The summed E-state index contributed by atoms with van der Waals surface area (Å²) in [5.41, 5.74) is 8.18. The highest BCUT2D eigenvalue weighted by molar-refractivity contribution is 5.19. The van der Waals surface area contributed by atoms with E-state index in [4.69, 9.17) is 10.5 Å². The van der Waals surface area contributed by atoms with Crippen LogP contribution in [0.1, 0.15) is 44.4 Å². The summed E-state index contributed by atoms with van der Waals surface area (Å²) in [5, 5.41) is 0. The Kier molecular flexibility index (Phi) is 3.04. The number of nitrogens with two attached hydrogens (primary N) is 1. The van der Waals surface area contributed by atoms with Crippen LogP contribution in [-0.4, -0.2) is 21.6 Å². The second-order valence-electron chi connectivity index (χ2n) is 5.51. The highest BCUT2D eigenvalue weighted by Crippen LogP contribution is 2.19. The van der Waals surface area contributed by atoms with Gasteiger partial charge in [-0.2, -0.15) is 0 Å². The summed E-state index contributed by atoms with van der Waals surface area (Å²) < 4.78 is 5.69. The highest BCUT2D eigenvalue weighted by Gasteiger charge is 2.20. The zero-order chi connectivity index (χ0) is 11.8. The van der Waals surface area contributed by atoms with Crippen LogP contribution in [0.15, 0.2) is 0 Å². The second kappa shape index (κ2) is 4.18. The molecule has 0 fully saturated rings. The number of rotatable bonds is 2. The molecule has 90 valence electrons. The van der Waals surface area contributed by atoms with Crippen molar-refractivity contribution >= 4 is 0 Å². The second-order valence-corrected chi connectivity index (χ2v) is 5.51. The third kappa shape index (κ3) is 2.83. The topological polar surface area (TPSA) is 63.9 Å². The van der Waals surface area contributed by atoms with Gasteiger partial charge >= 0.3 is 0 Å². The molecule has 3 N–H and O–H groups in total. The van der Waals surface area contributed by atoms with Crippen molar-refractivity contribution in [1.29, 1.82) is 0 Å². The van der Waals surface area contributed by atoms with E-state index in [0.717, 1.165) is 25.1 Å². The molecule has 16 heavy (non-hydrogen) atoms. The van der Waals surface area contributed by atoms with Crippen LogP contribution in [-0.2, 0) is 24.2 Å². The standard InChI is InChI=1S/C12H21N3O/c1-12(2,3)16-7-11-14-9-5-4-8(13)6-10(9)15-11/h8H,4-7,13H2,1-3H3,(H,14,15). The fourth-order valence-corrected chi connectivity index (χ4v) is 1.92. The maximum atomic E-state index is 5.92. The zero-order valence-corrected chi connectivity index (χ0v) is 10.3. The molecule has 1 heterocycles. The number of ether oxygens (including phenoxy) is 1. The summed E-state index contributed by atoms with van der Waals surface area (Å²) in [5.74, 6) is 0.925. The van der Waals surface area contributed by atoms with Gasteiger partial charge in [0.15, 0.2) is 0 Å². The van der Waals surface area contributed by atoms with E-state index in [1.807, 2.05) is 20.8 Å². The van der Waals surface area contributed by atoms with Crippen molar-refractivity contribution in [3.05, 3.63) is 17.2 Å². The Labute approximate surface area is 96.6 Å². The number of aromatic amines is 1. The van der Waals surface area contributed by atoms with Gasteiger partial charge in [-0.1, -0.05) is 0 Å². The van der Waals surface area contributed by atoms with Gasteiger partial charge in [0, 0.05) is 18.2 Å². The Morgan fingerprint density at radius 3 is 2.94 bits per heavy atom. The van der Waals surface area contributed by atoms with Crippen LogP contribution >= 0.6 is 0 Å². The molecular weight excluding hydrogens is 202 g/mol. The summed E-state index contributed by atoms with van der Waals surface area (Å²) in [6.45, 7) is 6.69. The number of nitrogens with one attached hydrogen (secondary N) is 1. The number of hydrogen-bond acceptors (Lipinski definition) is 3. The number of imidazole rings is 1. The molecule has 0 radical (unpaired) electrons. The summed E-state index contributed by atoms with van der Waals surface area (Å²) in [6.07, 6.45) is 2.94. The summed E-state index contributed by atoms with van der Waals surface area (Å²) in [4.78, 5) is 7.87. The fourth-order valence-electron chi connectivity index (χ4n) is 1.92. The molecule has 4 nitrogen and oxygen atoms in total. The van der Waals surface area contributed by atoms with Crippen molar-refractivity contribution in [3.8, 4) is 0 Å². The number of aryl methyl sites for hydroxylation is 1. The Morgan fingerprint density at radius 2 is 2.25 bits per heavy atom. The lowest BCUT2D eigenvalue weighted by Crippen LogP contribution is -2.27. The average molecular weight is 223 g/mol. The van der Waals surface area contributed by atoms with Gasteiger partial charge < -0.3 is 15.5 Å². The van der Waals surface area contributed by atoms with E-state index in [1.165, 1.54) is 11.4 Å². The number of aromatic nitrogens is 2. The van der Waals surface area contributed by atoms with Gasteiger partial charge in [0.2, 0.25) is 0 Å². The Bertz CT molecular complexity index is 365. The van der Waals surface area contributed by atoms with Crippen molar-refractivity contribution in [2.75, 3.05) is 0 Å². The monoisotopic (exact) mass is 223 g/mol. The first-order valence-electron chi connectivity index (χ1n) is 5.90. The summed E-state index contributed by atoms with van der Waals surface area (Å²) in [7, 11) is 0. The normalized spacial score (nSPS) is 20.9. The molecule has 0 aromatic carbocycles. The molecule has 1 aromatic rings. The lowest BCUT2D eigenvalue weighted by Gasteiger charge is -2.18. The molecule has 0 aliphatic heterocycles. The highest BCUT2D eigenvalue weighted by atomic mass is 16.5. The number of hydrogen-bond donors (Lipinski definition) is 2. The van der Waals surface area contributed by atoms with Crippen LogP contribution in [0.3, 0.4) is 0 Å². The maximum Gasteiger partial charge on any atom is 0.132 e. The van der Waals surface area contributed by atoms with Gasteiger partial charge in [0.1, 0.15) is 12.4 Å². The molecule has 1 atom stereocenters. The molecule has 4 heteroatoms. The fraction of sp³-hybridized carbons (Fsp3) is 0.750. The van der Waals surface area contributed by atoms with Gasteiger partial charge in [-0.3, -0.25) is 0 Å². The summed E-state index contributed by atoms with van der Waals surface area (Å²) >= 11 is 0. The average Bonchev–Trinajstić information content (AvgIpc) is 2.55. The molecule has 0 spiro atoms. The molecule has 0 amide bonds. The molecule has 0 saturated carbocycles. The lowest BCUT2D eigenvalue weighted by molar-refractivity contribution is -0.0179. The van der Waals surface area contributed by atoms with Crippen molar-refractivity contribution in [2.45, 2.75) is 58.3 Å². The Hall–Kier alpha value is -0.870. The molecule has 1 aromatic heterocycles. The molecule has 2 rings (SSSR count). The quantitative estimate of drug-likeness (QED) is 0.799. The predicted molar refractivity (Wildman–Crippen MR) is 63.1 cm³/mol. The van der Waals surface area contributed by atoms with Crippen molar-refractivity contribution in [2.24, 2.45) is 5.73 Å². The molecule has 0 bridgehead atoms. The first-order chi connectivity index (χ1) is 7.44. The molecule has 1 unspecified atom stereocenters. The minimum Gasteiger partial charge on any atom is -0.368 e. The third-order valence-electron chi connectivity index (χ3n) is 2.77. The molecule has 1 aliphatic carbocycles. The predicted octanol–water partition coefficient (Wildman–Crippen LogP) is 1.54. The van der Waals surface area contributed by atoms with Gasteiger partial charge in [-0.05, 0) is 33.6 Å². The number of nitrogens with zero attached hydrogens (tertiary/aromatic N) is 1. The van der Waals surface area contributed by atoms with Gasteiger partial charge in [0.25, 0.3) is 0 Å². The van der Waals surface area contributed by atoms with Gasteiger partial charge in [0.05, 0.1) is 11.3 Å². The first-order valence-corrected chi connectivity index (χ1v) is 5.90. The Morgan fingerprint density at radius 1 is 1.50 bits per heavy atom. The minimum atomic E-state index is -0.121. The maximum absolute atomic E-state index is 5.92. The third-order valence-corrected chi connectivity index (χ3v) is 2.77. The van der Waals surface area contributed by atoms with E-state index in [1.54, 1.807) is 0 Å². The van der Waals surface area contributed by atoms with E-state index >= 15 is 0 Å². The van der Waals surface area contributed by atoms with E-state index in [0.29, 0.717) is 6.61 Å². The van der Waals surface area contributed by atoms with Crippen LogP contribution in [0.2, 0.25) is 0 Å². The van der Waals surface area contributed by atoms with Gasteiger partial charge in [-0.25, -0.2) is 4.98 Å². The number of H-pyrrole nitrogens is 1. The SMILES string of the molecule is CC(C)(C)OCc1nc2c([nH]1)CC(N)CC2. The summed E-state index contributed by atoms with van der Waals surface area (Å²) in [6, 6.07) is 0.282. The van der Waals surface area contributed by atoms with Crippen molar-refractivity contribution in [1.82, 2.24) is 9.97 Å². The molecular formula is C12H21N3O. The first kappa shape index (κ1) is 11.6. The smallest absolute Gasteiger partial charge is 0.132 e. The Balaban J connectivity index is 2.02. The van der Waals surface area contributed by atoms with E-state index in [2.05, 4.69) is 9.97 Å². The van der Waals surface area contributed by atoms with Gasteiger partial charge in [-0.15, -0.1) is 0 Å². The zero-order valence-electron chi connectivity index (χ0n) is 10.3. The van der Waals surface area contributed by atoms with E-state index < -0.39 is 0 Å². The van der Waals surface area contributed by atoms with Crippen LogP contribution in [0.4, 0.5) is 0 Å². The minimum absolute atomic E-state index is 0.121. The lowest BCUT2D eigenvalue weighted by atomic mass is 9.97. The van der Waals surface area contributed by atoms with E-state index in [9.17, 15) is 0 Å². The van der Waals surface area contributed by atoms with Crippen molar-refractivity contribution in [3.63, 3.8) is 0 Å². The molecule has 0 saturated heterocycles. The van der Waals surface area contributed by atoms with Crippen LogP contribution in [0.5, 0.6) is 0 Å². The van der Waals surface area contributed by atoms with Crippen LogP contribution in [0.25, 0.3) is 0 Å².